The standard InChI is InChI=1S/C67H112O6/c1-4-7-10-13-16-19-21-23-25-27-29-30-31-32-33-34-35-36-38-39-41-43-45-48-51-54-57-60-66(69)72-63-64(62-71-65(68)59-56-53-50-47-18-15-12-9-6-3)73-67(70)61-58-55-52-49-46-44-42-40-37-28-26-24-22-20-17-14-11-8-5-2/h7,10,16-17,19-20,23-26,29-30,32-33,35-36,39,41,64H,4-6,8-9,11-15,18,21-22,27-28,31,34,37-38,40,42-63H2,1-3H3/b10-7-,19-16-,20-17-,25-23-,26-24-,30-29-,33-32-,36-35-,41-39-. The third-order valence-corrected chi connectivity index (χ3v) is 12.8. The van der Waals surface area contributed by atoms with Crippen LogP contribution < -0.4 is 0 Å². The molecule has 0 aliphatic rings. The summed E-state index contributed by atoms with van der Waals surface area (Å²) in [7, 11) is 0. The van der Waals surface area contributed by atoms with Crippen LogP contribution in [0.5, 0.6) is 0 Å². The molecule has 6 nitrogen and oxygen atoms in total. The highest BCUT2D eigenvalue weighted by molar-refractivity contribution is 5.71. The lowest BCUT2D eigenvalue weighted by Gasteiger charge is -2.18. The maximum Gasteiger partial charge on any atom is 0.306 e. The lowest BCUT2D eigenvalue weighted by molar-refractivity contribution is -0.167. The Morgan fingerprint density at radius 2 is 0.534 bits per heavy atom. The summed E-state index contributed by atoms with van der Waals surface area (Å²) in [5, 5.41) is 0. The van der Waals surface area contributed by atoms with Gasteiger partial charge in [-0.3, -0.25) is 14.4 Å². The molecule has 0 aliphatic heterocycles. The van der Waals surface area contributed by atoms with Gasteiger partial charge in [0.15, 0.2) is 6.10 Å². The molecule has 0 saturated carbocycles. The zero-order valence-electron chi connectivity index (χ0n) is 47.6. The highest BCUT2D eigenvalue weighted by Gasteiger charge is 2.19. The number of esters is 3. The molecule has 0 aliphatic carbocycles. The number of hydrogen-bond acceptors (Lipinski definition) is 6. The minimum atomic E-state index is -0.788. The fourth-order valence-electron chi connectivity index (χ4n) is 8.22. The average molecular weight is 1010 g/mol. The van der Waals surface area contributed by atoms with Crippen LogP contribution >= 0.6 is 0 Å². The van der Waals surface area contributed by atoms with E-state index < -0.39 is 6.10 Å². The third kappa shape index (κ3) is 58.8. The molecule has 0 aromatic carbocycles. The monoisotopic (exact) mass is 1010 g/mol. The van der Waals surface area contributed by atoms with Crippen molar-refractivity contribution >= 4 is 17.9 Å². The van der Waals surface area contributed by atoms with E-state index in [-0.39, 0.29) is 31.1 Å². The fourth-order valence-corrected chi connectivity index (χ4v) is 8.22. The summed E-state index contributed by atoms with van der Waals surface area (Å²) in [6, 6.07) is 0. The van der Waals surface area contributed by atoms with Crippen LogP contribution in [0.3, 0.4) is 0 Å². The summed E-state index contributed by atoms with van der Waals surface area (Å²) < 4.78 is 16.8. The van der Waals surface area contributed by atoms with Gasteiger partial charge in [-0.1, -0.05) is 259 Å². The van der Waals surface area contributed by atoms with Crippen LogP contribution in [0.15, 0.2) is 109 Å². The number of hydrogen-bond donors (Lipinski definition) is 0. The molecular weight excluding hydrogens is 901 g/mol. The van der Waals surface area contributed by atoms with Crippen molar-refractivity contribution in [3.05, 3.63) is 109 Å². The zero-order chi connectivity index (χ0) is 52.9. The minimum absolute atomic E-state index is 0.0854. The molecule has 416 valence electrons. The first-order chi connectivity index (χ1) is 36.0. The van der Waals surface area contributed by atoms with Crippen LogP contribution in [-0.2, 0) is 28.6 Å². The molecule has 0 amide bonds. The molecular formula is C67H112O6. The summed E-state index contributed by atoms with van der Waals surface area (Å²) in [4.78, 5) is 38.1. The van der Waals surface area contributed by atoms with Crippen molar-refractivity contribution in [2.45, 2.75) is 284 Å². The van der Waals surface area contributed by atoms with Crippen molar-refractivity contribution in [2.24, 2.45) is 0 Å². The molecule has 0 heterocycles. The first-order valence-corrected chi connectivity index (χ1v) is 30.4. The summed E-state index contributed by atoms with van der Waals surface area (Å²) in [5.41, 5.74) is 0. The second-order valence-electron chi connectivity index (χ2n) is 19.9. The third-order valence-electron chi connectivity index (χ3n) is 12.8. The Balaban J connectivity index is 4.30. The normalized spacial score (nSPS) is 12.9. The van der Waals surface area contributed by atoms with E-state index in [4.69, 9.17) is 14.2 Å². The fraction of sp³-hybridized carbons (Fsp3) is 0.687. The Morgan fingerprint density at radius 3 is 0.863 bits per heavy atom. The van der Waals surface area contributed by atoms with Crippen LogP contribution in [0, 0.1) is 0 Å². The number of unbranched alkanes of at least 4 members (excludes halogenated alkanes) is 25. The van der Waals surface area contributed by atoms with Crippen LogP contribution in [0.1, 0.15) is 278 Å². The molecule has 1 atom stereocenters. The van der Waals surface area contributed by atoms with E-state index >= 15 is 0 Å². The SMILES string of the molecule is CC/C=C\C/C=C\C/C=C\C/C=C\C/C=C\C/C=C\C/C=C\CCCCCCCC(=O)OCC(COC(=O)CCCCCCCCCCC)OC(=O)CCCCCCCCCCC/C=C\C/C=C\CCCCC. The maximum atomic E-state index is 12.9. The van der Waals surface area contributed by atoms with Crippen molar-refractivity contribution in [3.8, 4) is 0 Å². The van der Waals surface area contributed by atoms with Crippen molar-refractivity contribution < 1.29 is 28.6 Å². The largest absolute Gasteiger partial charge is 0.462 e. The van der Waals surface area contributed by atoms with Crippen molar-refractivity contribution in [2.75, 3.05) is 13.2 Å². The van der Waals surface area contributed by atoms with E-state index in [1.807, 2.05) is 0 Å². The Kier molecular flexibility index (Phi) is 57.4. The molecule has 73 heavy (non-hydrogen) atoms. The number of allylic oxidation sites excluding steroid dienone is 18. The molecule has 1 unspecified atom stereocenters. The van der Waals surface area contributed by atoms with E-state index in [1.165, 1.54) is 109 Å². The Morgan fingerprint density at radius 1 is 0.288 bits per heavy atom. The van der Waals surface area contributed by atoms with E-state index in [9.17, 15) is 14.4 Å². The first kappa shape index (κ1) is 69.1. The quantitative estimate of drug-likeness (QED) is 0.0261. The smallest absolute Gasteiger partial charge is 0.306 e. The number of ether oxygens (including phenoxy) is 3. The lowest BCUT2D eigenvalue weighted by Crippen LogP contribution is -2.30. The van der Waals surface area contributed by atoms with Gasteiger partial charge in [-0.25, -0.2) is 0 Å². The average Bonchev–Trinajstić information content (AvgIpc) is 3.39. The number of carbonyl (C=O) groups is 3. The van der Waals surface area contributed by atoms with Crippen molar-refractivity contribution in [3.63, 3.8) is 0 Å². The van der Waals surface area contributed by atoms with E-state index in [1.54, 1.807) is 0 Å². The Labute approximate surface area is 450 Å². The van der Waals surface area contributed by atoms with Gasteiger partial charge in [-0.2, -0.15) is 0 Å². The first-order valence-electron chi connectivity index (χ1n) is 30.4. The number of rotatable bonds is 54. The Bertz CT molecular complexity index is 1490. The highest BCUT2D eigenvalue weighted by Crippen LogP contribution is 2.15. The van der Waals surface area contributed by atoms with Gasteiger partial charge in [-0.05, 0) is 109 Å². The molecule has 0 fully saturated rings. The van der Waals surface area contributed by atoms with Gasteiger partial charge in [0, 0.05) is 19.3 Å². The van der Waals surface area contributed by atoms with Gasteiger partial charge in [-0.15, -0.1) is 0 Å². The summed E-state index contributed by atoms with van der Waals surface area (Å²) in [5.74, 6) is -0.909. The van der Waals surface area contributed by atoms with Crippen LogP contribution in [0.2, 0.25) is 0 Å². The molecule has 0 radical (unpaired) electrons. The molecule has 0 bridgehead atoms. The lowest BCUT2D eigenvalue weighted by atomic mass is 10.1. The Hall–Kier alpha value is -3.93. The predicted octanol–water partition coefficient (Wildman–Crippen LogP) is 20.7. The summed E-state index contributed by atoms with van der Waals surface area (Å²) in [6.45, 7) is 6.47. The maximum absolute atomic E-state index is 12.9. The highest BCUT2D eigenvalue weighted by atomic mass is 16.6. The van der Waals surface area contributed by atoms with Crippen molar-refractivity contribution in [1.29, 1.82) is 0 Å². The topological polar surface area (TPSA) is 78.9 Å². The van der Waals surface area contributed by atoms with Gasteiger partial charge in [0.1, 0.15) is 13.2 Å². The second-order valence-corrected chi connectivity index (χ2v) is 19.9. The van der Waals surface area contributed by atoms with Gasteiger partial charge in [0.05, 0.1) is 0 Å². The molecule has 0 aromatic heterocycles. The number of carbonyl (C=O) groups excluding carboxylic acids is 3. The van der Waals surface area contributed by atoms with Crippen LogP contribution in [0.25, 0.3) is 0 Å². The summed E-state index contributed by atoms with van der Waals surface area (Å²) >= 11 is 0. The molecule has 0 aromatic rings. The molecule has 0 saturated heterocycles. The van der Waals surface area contributed by atoms with E-state index in [0.29, 0.717) is 19.3 Å². The molecule has 0 N–H and O–H groups in total. The minimum Gasteiger partial charge on any atom is -0.462 e. The van der Waals surface area contributed by atoms with Crippen molar-refractivity contribution in [1.82, 2.24) is 0 Å². The van der Waals surface area contributed by atoms with E-state index in [2.05, 4.69) is 130 Å². The second kappa shape index (κ2) is 60.6. The predicted molar refractivity (Wildman–Crippen MR) is 316 cm³/mol. The van der Waals surface area contributed by atoms with Gasteiger partial charge in [0.2, 0.25) is 0 Å². The van der Waals surface area contributed by atoms with E-state index in [0.717, 1.165) is 128 Å². The van der Waals surface area contributed by atoms with Crippen LogP contribution in [-0.4, -0.2) is 37.2 Å². The molecule has 6 heteroatoms. The van der Waals surface area contributed by atoms with Gasteiger partial charge < -0.3 is 14.2 Å². The van der Waals surface area contributed by atoms with Gasteiger partial charge >= 0.3 is 17.9 Å². The summed E-state index contributed by atoms with van der Waals surface area (Å²) in [6.07, 6.45) is 82.3. The van der Waals surface area contributed by atoms with Gasteiger partial charge in [0.25, 0.3) is 0 Å². The van der Waals surface area contributed by atoms with Crippen LogP contribution in [0.4, 0.5) is 0 Å². The molecule has 0 rings (SSSR count). The molecule has 0 spiro atoms. The zero-order valence-corrected chi connectivity index (χ0v) is 47.6.